The molecular weight excluding hydrogens is 468 g/mol. The van der Waals surface area contributed by atoms with E-state index in [-0.39, 0.29) is 17.1 Å². The topological polar surface area (TPSA) is 107 Å². The molecule has 2 unspecified atom stereocenters. The standard InChI is InChI=1S/C25H19ClN6OS/c26-18-8-6-15(7-9-18)20-19(14-27)22(28)30-23-21(20)34-25(17-4-2-1-3-5-17)32(23)31-24(33)16-10-12-29-13-11-16/h1-13,20,25,30H,28H2,(H,31,33). The molecule has 0 fully saturated rings. The van der Waals surface area contributed by atoms with E-state index >= 15 is 0 Å². The molecule has 9 heteroatoms. The zero-order chi connectivity index (χ0) is 23.7. The Hall–Kier alpha value is -3.93. The van der Waals surface area contributed by atoms with E-state index in [0.29, 0.717) is 22.0 Å². The van der Waals surface area contributed by atoms with Gasteiger partial charge in [0.05, 0.1) is 17.6 Å². The molecule has 34 heavy (non-hydrogen) atoms. The number of halogens is 1. The van der Waals surface area contributed by atoms with Crippen molar-refractivity contribution >= 4 is 29.3 Å². The first-order chi connectivity index (χ1) is 16.6. The zero-order valence-corrected chi connectivity index (χ0v) is 19.3. The van der Waals surface area contributed by atoms with Crippen molar-refractivity contribution < 1.29 is 4.79 Å². The SMILES string of the molecule is N#CC1=C(N)NC2=C(SC(c3ccccc3)N2NC(=O)c2ccncc2)C1c1ccc(Cl)cc1. The van der Waals surface area contributed by atoms with Crippen LogP contribution in [0.5, 0.6) is 0 Å². The van der Waals surface area contributed by atoms with Gasteiger partial charge in [-0.25, -0.2) is 0 Å². The summed E-state index contributed by atoms with van der Waals surface area (Å²) in [5.74, 6) is 0.213. The number of hydrazine groups is 1. The van der Waals surface area contributed by atoms with Crippen LogP contribution in [0.3, 0.4) is 0 Å². The minimum absolute atomic E-state index is 0.249. The summed E-state index contributed by atoms with van der Waals surface area (Å²) in [6, 6.07) is 22.8. The second-order valence-electron chi connectivity index (χ2n) is 7.69. The molecular formula is C25H19ClN6OS. The van der Waals surface area contributed by atoms with Gasteiger partial charge in [-0.2, -0.15) is 5.26 Å². The predicted molar refractivity (Wildman–Crippen MR) is 131 cm³/mol. The van der Waals surface area contributed by atoms with Gasteiger partial charge in [0, 0.05) is 27.9 Å². The van der Waals surface area contributed by atoms with Gasteiger partial charge in [-0.15, -0.1) is 0 Å². The lowest BCUT2D eigenvalue weighted by Crippen LogP contribution is -2.46. The zero-order valence-electron chi connectivity index (χ0n) is 17.8. The molecule has 2 aliphatic rings. The number of pyridine rings is 1. The maximum atomic E-state index is 13.1. The molecule has 3 heterocycles. The van der Waals surface area contributed by atoms with Crippen LogP contribution < -0.4 is 16.5 Å². The Balaban J connectivity index is 1.59. The Bertz CT molecular complexity index is 1340. The van der Waals surface area contributed by atoms with Crippen LogP contribution in [-0.4, -0.2) is 15.9 Å². The van der Waals surface area contributed by atoms with E-state index in [1.54, 1.807) is 53.4 Å². The number of dihydropyridines is 1. The number of amides is 1. The Labute approximate surface area is 205 Å². The summed E-state index contributed by atoms with van der Waals surface area (Å²) in [4.78, 5) is 18.0. The molecule has 0 radical (unpaired) electrons. The molecule has 1 aromatic heterocycles. The number of hydrogen-bond acceptors (Lipinski definition) is 7. The fraction of sp³-hybridized carbons (Fsp3) is 0.0800. The summed E-state index contributed by atoms with van der Waals surface area (Å²) < 4.78 is 0. The molecule has 0 saturated heterocycles. The number of allylic oxidation sites excluding steroid dienone is 2. The minimum atomic E-state index is -0.391. The van der Waals surface area contributed by atoms with E-state index in [0.717, 1.165) is 16.0 Å². The molecule has 0 saturated carbocycles. The molecule has 2 aromatic carbocycles. The number of nitrogens with one attached hydrogen (secondary N) is 2. The van der Waals surface area contributed by atoms with Gasteiger partial charge in [-0.1, -0.05) is 65.8 Å². The molecule has 7 nitrogen and oxygen atoms in total. The molecule has 2 aliphatic heterocycles. The van der Waals surface area contributed by atoms with Gasteiger partial charge >= 0.3 is 0 Å². The Morgan fingerprint density at radius 3 is 2.47 bits per heavy atom. The van der Waals surface area contributed by atoms with Gasteiger partial charge in [0.25, 0.3) is 5.91 Å². The highest BCUT2D eigenvalue weighted by atomic mass is 35.5. The molecule has 4 N–H and O–H groups in total. The van der Waals surface area contributed by atoms with Crippen LogP contribution in [0.1, 0.15) is 32.8 Å². The molecule has 5 rings (SSSR count). The normalized spacial score (nSPS) is 19.4. The third-order valence-electron chi connectivity index (χ3n) is 5.61. The lowest BCUT2D eigenvalue weighted by Gasteiger charge is -2.31. The van der Waals surface area contributed by atoms with Crippen molar-refractivity contribution in [3.8, 4) is 6.07 Å². The maximum Gasteiger partial charge on any atom is 0.269 e. The van der Waals surface area contributed by atoms with E-state index in [4.69, 9.17) is 17.3 Å². The summed E-state index contributed by atoms with van der Waals surface area (Å²) in [7, 11) is 0. The number of thioether (sulfide) groups is 1. The van der Waals surface area contributed by atoms with Crippen molar-refractivity contribution in [3.63, 3.8) is 0 Å². The van der Waals surface area contributed by atoms with Crippen molar-refractivity contribution in [1.29, 1.82) is 5.26 Å². The third kappa shape index (κ3) is 3.96. The number of benzene rings is 2. The van der Waals surface area contributed by atoms with Crippen LogP contribution in [0.25, 0.3) is 0 Å². The van der Waals surface area contributed by atoms with Gasteiger partial charge in [0.15, 0.2) is 0 Å². The van der Waals surface area contributed by atoms with Crippen molar-refractivity contribution in [2.24, 2.45) is 5.73 Å². The average Bonchev–Trinajstić information content (AvgIpc) is 3.22. The van der Waals surface area contributed by atoms with Gasteiger partial charge in [-0.3, -0.25) is 20.2 Å². The first-order valence-electron chi connectivity index (χ1n) is 10.4. The van der Waals surface area contributed by atoms with Crippen LogP contribution >= 0.6 is 23.4 Å². The van der Waals surface area contributed by atoms with E-state index in [1.165, 1.54) is 0 Å². The van der Waals surface area contributed by atoms with E-state index in [9.17, 15) is 10.1 Å². The van der Waals surface area contributed by atoms with Gasteiger partial charge < -0.3 is 11.1 Å². The Morgan fingerprint density at radius 1 is 1.09 bits per heavy atom. The minimum Gasteiger partial charge on any atom is -0.384 e. The number of nitriles is 1. The second kappa shape index (κ2) is 9.14. The molecule has 1 amide bonds. The smallest absolute Gasteiger partial charge is 0.269 e. The third-order valence-corrected chi connectivity index (χ3v) is 7.26. The number of carbonyl (C=O) groups excluding carboxylic acids is 1. The second-order valence-corrected chi connectivity index (χ2v) is 9.25. The summed E-state index contributed by atoms with van der Waals surface area (Å²) in [5, 5.41) is 15.2. The summed E-state index contributed by atoms with van der Waals surface area (Å²) in [5.41, 5.74) is 12.1. The maximum absolute atomic E-state index is 13.1. The number of aromatic nitrogens is 1. The molecule has 0 aliphatic carbocycles. The molecule has 0 bridgehead atoms. The van der Waals surface area contributed by atoms with Gasteiger partial charge in [-0.05, 0) is 35.4 Å². The van der Waals surface area contributed by atoms with Crippen molar-refractivity contribution in [2.45, 2.75) is 11.3 Å². The average molecular weight is 487 g/mol. The molecule has 0 spiro atoms. The first-order valence-corrected chi connectivity index (χ1v) is 11.7. The number of hydrogen-bond donors (Lipinski definition) is 3. The van der Waals surface area contributed by atoms with Crippen molar-refractivity contribution in [1.82, 2.24) is 20.7 Å². The number of rotatable bonds is 4. The number of nitrogens with two attached hydrogens (primary N) is 1. The quantitative estimate of drug-likeness (QED) is 0.502. The lowest BCUT2D eigenvalue weighted by atomic mass is 9.89. The van der Waals surface area contributed by atoms with Crippen LogP contribution in [0, 0.1) is 11.3 Å². The van der Waals surface area contributed by atoms with Gasteiger partial charge in [0.2, 0.25) is 0 Å². The van der Waals surface area contributed by atoms with Crippen LogP contribution in [0.2, 0.25) is 5.02 Å². The summed E-state index contributed by atoms with van der Waals surface area (Å²) in [6.45, 7) is 0. The fourth-order valence-electron chi connectivity index (χ4n) is 4.00. The molecule has 168 valence electrons. The first kappa shape index (κ1) is 21.9. The number of nitrogens with zero attached hydrogens (tertiary/aromatic N) is 3. The highest BCUT2D eigenvalue weighted by Crippen LogP contribution is 2.54. The van der Waals surface area contributed by atoms with Crippen LogP contribution in [0.15, 0.2) is 101 Å². The summed E-state index contributed by atoms with van der Waals surface area (Å²) in [6.07, 6.45) is 3.14. The van der Waals surface area contributed by atoms with E-state index in [1.807, 2.05) is 42.5 Å². The van der Waals surface area contributed by atoms with E-state index in [2.05, 4.69) is 21.8 Å². The highest BCUT2D eigenvalue weighted by molar-refractivity contribution is 8.03. The number of carbonyl (C=O) groups is 1. The highest BCUT2D eigenvalue weighted by Gasteiger charge is 2.43. The lowest BCUT2D eigenvalue weighted by molar-refractivity contribution is 0.0819. The van der Waals surface area contributed by atoms with Crippen LogP contribution in [-0.2, 0) is 0 Å². The summed E-state index contributed by atoms with van der Waals surface area (Å²) >= 11 is 7.67. The van der Waals surface area contributed by atoms with Crippen LogP contribution in [0.4, 0.5) is 0 Å². The van der Waals surface area contributed by atoms with E-state index < -0.39 is 5.92 Å². The molecule has 3 aromatic rings. The molecule has 2 atom stereocenters. The fourth-order valence-corrected chi connectivity index (χ4v) is 5.57. The van der Waals surface area contributed by atoms with Gasteiger partial charge in [0.1, 0.15) is 17.0 Å². The Morgan fingerprint density at radius 2 is 1.79 bits per heavy atom. The predicted octanol–water partition coefficient (Wildman–Crippen LogP) is 4.38. The Kier molecular flexibility index (Phi) is 5.88. The monoisotopic (exact) mass is 486 g/mol. The van der Waals surface area contributed by atoms with Crippen molar-refractivity contribution in [3.05, 3.63) is 123 Å². The van der Waals surface area contributed by atoms with Crippen molar-refractivity contribution in [2.75, 3.05) is 0 Å². The largest absolute Gasteiger partial charge is 0.384 e.